The molecule has 2 heterocycles. The van der Waals surface area contributed by atoms with E-state index in [0.29, 0.717) is 24.4 Å². The zero-order chi connectivity index (χ0) is 18.8. The third-order valence-corrected chi connectivity index (χ3v) is 9.66. The predicted octanol–water partition coefficient (Wildman–Crippen LogP) is 4.23. The van der Waals surface area contributed by atoms with E-state index in [-0.39, 0.29) is 34.4 Å². The van der Waals surface area contributed by atoms with Crippen LogP contribution < -0.4 is 0 Å². The van der Waals surface area contributed by atoms with E-state index < -0.39 is 5.79 Å². The third kappa shape index (κ3) is 1.77. The van der Waals surface area contributed by atoms with Crippen molar-refractivity contribution in [3.63, 3.8) is 0 Å². The molecule has 4 nitrogen and oxygen atoms in total. The maximum absolute atomic E-state index is 13.4. The second kappa shape index (κ2) is 4.81. The number of carbonyl (C=O) groups excluding carboxylic acids is 1. The first kappa shape index (κ1) is 17.0. The second-order valence-electron chi connectivity index (χ2n) is 11.1. The highest BCUT2D eigenvalue weighted by Gasteiger charge is 2.77. The Morgan fingerprint density at radius 1 is 1.04 bits per heavy atom. The van der Waals surface area contributed by atoms with Crippen LogP contribution in [-0.4, -0.2) is 30.6 Å². The Bertz CT molecular complexity index is 743. The van der Waals surface area contributed by atoms with Crippen LogP contribution in [0.3, 0.4) is 0 Å². The summed E-state index contributed by atoms with van der Waals surface area (Å²) in [6.07, 6.45) is 7.80. The Kier molecular flexibility index (Phi) is 3.04. The third-order valence-electron chi connectivity index (χ3n) is 9.66. The number of rotatable bonds is 0. The SMILES string of the molecule is C=C1[C@H]2CCC34C(C2)[C@@]25CCC[C@@](C)(COC2=O)C5C[C@H]3OC(C)(C)O[C@@H]14. The van der Waals surface area contributed by atoms with Gasteiger partial charge in [-0.3, -0.25) is 4.79 Å². The molecule has 0 aromatic rings. The minimum atomic E-state index is -0.582. The molecule has 2 saturated heterocycles. The van der Waals surface area contributed by atoms with Gasteiger partial charge in [0, 0.05) is 10.8 Å². The lowest BCUT2D eigenvalue weighted by molar-refractivity contribution is -0.395. The van der Waals surface area contributed by atoms with Gasteiger partial charge in [-0.1, -0.05) is 19.9 Å². The maximum atomic E-state index is 13.4. The van der Waals surface area contributed by atoms with Gasteiger partial charge in [0.2, 0.25) is 0 Å². The summed E-state index contributed by atoms with van der Waals surface area (Å²) in [5, 5.41) is 0. The van der Waals surface area contributed by atoms with Crippen molar-refractivity contribution in [3.05, 3.63) is 12.2 Å². The lowest BCUT2D eigenvalue weighted by Crippen LogP contribution is -2.76. The predicted molar refractivity (Wildman–Crippen MR) is 99.7 cm³/mol. The number of fused-ring (bicyclic) bond motifs is 1. The molecule has 7 aliphatic rings. The van der Waals surface area contributed by atoms with Crippen molar-refractivity contribution >= 4 is 5.97 Å². The Balaban J connectivity index is 1.57. The smallest absolute Gasteiger partial charge is 0.312 e. The highest BCUT2D eigenvalue weighted by molar-refractivity contribution is 5.80. The summed E-state index contributed by atoms with van der Waals surface area (Å²) in [7, 11) is 0. The molecule has 27 heavy (non-hydrogen) atoms. The van der Waals surface area contributed by atoms with Gasteiger partial charge < -0.3 is 14.2 Å². The van der Waals surface area contributed by atoms with Crippen LogP contribution in [0.1, 0.15) is 65.7 Å². The number of cyclic esters (lactones) is 1. The minimum Gasteiger partial charge on any atom is -0.465 e. The number of carbonyl (C=O) groups is 1. The largest absolute Gasteiger partial charge is 0.465 e. The van der Waals surface area contributed by atoms with Gasteiger partial charge in [-0.2, -0.15) is 0 Å². The normalized spacial score (nSPS) is 57.5. The maximum Gasteiger partial charge on any atom is 0.312 e. The van der Waals surface area contributed by atoms with Gasteiger partial charge in [-0.25, -0.2) is 0 Å². The summed E-state index contributed by atoms with van der Waals surface area (Å²) < 4.78 is 19.1. The molecule has 1 spiro atoms. The fourth-order valence-electron chi connectivity index (χ4n) is 8.70. The summed E-state index contributed by atoms with van der Waals surface area (Å²) in [5.41, 5.74) is 0.944. The zero-order valence-corrected chi connectivity index (χ0v) is 16.9. The Hall–Kier alpha value is -0.870. The number of esters is 1. The van der Waals surface area contributed by atoms with Crippen LogP contribution in [-0.2, 0) is 19.0 Å². The van der Waals surface area contributed by atoms with Crippen LogP contribution >= 0.6 is 0 Å². The zero-order valence-electron chi connectivity index (χ0n) is 16.9. The molecule has 0 aromatic carbocycles. The van der Waals surface area contributed by atoms with Gasteiger partial charge in [-0.15, -0.1) is 0 Å². The molecule has 5 saturated carbocycles. The van der Waals surface area contributed by atoms with E-state index in [2.05, 4.69) is 13.5 Å². The molecule has 4 bridgehead atoms. The molecule has 7 fully saturated rings. The molecule has 4 heteroatoms. The fourth-order valence-corrected chi connectivity index (χ4v) is 8.70. The average molecular weight is 373 g/mol. The molecule has 0 aromatic heterocycles. The summed E-state index contributed by atoms with van der Waals surface area (Å²) in [5.74, 6) is 0.673. The van der Waals surface area contributed by atoms with Crippen LogP contribution in [0.4, 0.5) is 0 Å². The van der Waals surface area contributed by atoms with Crippen molar-refractivity contribution < 1.29 is 19.0 Å². The first-order valence-corrected chi connectivity index (χ1v) is 10.9. The summed E-state index contributed by atoms with van der Waals surface area (Å²) in [4.78, 5) is 13.4. The topological polar surface area (TPSA) is 44.8 Å². The molecule has 0 radical (unpaired) electrons. The van der Waals surface area contributed by atoms with Gasteiger partial charge in [0.1, 0.15) is 0 Å². The second-order valence-corrected chi connectivity index (χ2v) is 11.1. The molecule has 5 aliphatic carbocycles. The monoisotopic (exact) mass is 372 g/mol. The van der Waals surface area contributed by atoms with Crippen molar-refractivity contribution in [1.82, 2.24) is 0 Å². The van der Waals surface area contributed by atoms with E-state index in [1.54, 1.807) is 0 Å². The number of ether oxygens (including phenoxy) is 3. The van der Waals surface area contributed by atoms with Gasteiger partial charge in [0.15, 0.2) is 5.79 Å². The molecular weight excluding hydrogens is 340 g/mol. The summed E-state index contributed by atoms with van der Waals surface area (Å²) in [6.45, 7) is 11.5. The van der Waals surface area contributed by atoms with Crippen LogP contribution in [0.5, 0.6) is 0 Å². The van der Waals surface area contributed by atoms with Gasteiger partial charge in [-0.05, 0) is 75.7 Å². The first-order chi connectivity index (χ1) is 12.7. The Labute approximate surface area is 162 Å². The van der Waals surface area contributed by atoms with Crippen molar-refractivity contribution in [1.29, 1.82) is 0 Å². The molecular formula is C23H32O4. The Morgan fingerprint density at radius 3 is 2.67 bits per heavy atom. The van der Waals surface area contributed by atoms with Crippen molar-refractivity contribution in [2.24, 2.45) is 34.0 Å². The molecule has 0 amide bonds. The lowest BCUT2D eigenvalue weighted by atomic mass is 9.34. The standard InChI is InChI=1S/C23H32O4/c1-13-14-6-9-23-16(10-14)22-8-5-7-21(4,12-25-19(22)24)15(22)11-17(23)26-20(2,3)27-18(13)23/h14-18H,1,5-12H2,2-4H3/t14-,15?,16?,17+,18-,21-,22-,23?/m0/s1. The molecule has 3 unspecified atom stereocenters. The van der Waals surface area contributed by atoms with E-state index >= 15 is 0 Å². The van der Waals surface area contributed by atoms with Gasteiger partial charge >= 0.3 is 5.97 Å². The van der Waals surface area contributed by atoms with Gasteiger partial charge in [0.25, 0.3) is 0 Å². The molecule has 0 N–H and O–H groups in total. The van der Waals surface area contributed by atoms with E-state index in [1.165, 1.54) is 18.4 Å². The van der Waals surface area contributed by atoms with Gasteiger partial charge in [0.05, 0.1) is 24.2 Å². The van der Waals surface area contributed by atoms with Crippen LogP contribution in [0.15, 0.2) is 12.2 Å². The first-order valence-electron chi connectivity index (χ1n) is 10.9. The van der Waals surface area contributed by atoms with E-state index in [1.807, 2.05) is 13.8 Å². The van der Waals surface area contributed by atoms with E-state index in [9.17, 15) is 4.79 Å². The van der Waals surface area contributed by atoms with E-state index in [4.69, 9.17) is 14.2 Å². The van der Waals surface area contributed by atoms with Crippen molar-refractivity contribution in [3.8, 4) is 0 Å². The fraction of sp³-hybridized carbons (Fsp3) is 0.870. The van der Waals surface area contributed by atoms with Crippen LogP contribution in [0.25, 0.3) is 0 Å². The minimum absolute atomic E-state index is 0.0296. The summed E-state index contributed by atoms with van der Waals surface area (Å²) >= 11 is 0. The highest BCUT2D eigenvalue weighted by Crippen LogP contribution is 2.75. The van der Waals surface area contributed by atoms with Crippen LogP contribution in [0, 0.1) is 34.0 Å². The molecule has 7 rings (SSSR count). The van der Waals surface area contributed by atoms with E-state index in [0.717, 1.165) is 32.1 Å². The average Bonchev–Trinajstić information content (AvgIpc) is 2.61. The summed E-state index contributed by atoms with van der Waals surface area (Å²) in [6, 6.07) is 0. The molecule has 8 atom stereocenters. The molecule has 2 aliphatic heterocycles. The van der Waals surface area contributed by atoms with Crippen LogP contribution in [0.2, 0.25) is 0 Å². The Morgan fingerprint density at radius 2 is 1.85 bits per heavy atom. The lowest BCUT2D eigenvalue weighted by Gasteiger charge is -2.74. The number of hydrogen-bond donors (Lipinski definition) is 0. The number of hydrogen-bond acceptors (Lipinski definition) is 4. The highest BCUT2D eigenvalue weighted by atomic mass is 16.7. The molecule has 148 valence electrons. The van der Waals surface area contributed by atoms with Crippen molar-refractivity contribution in [2.45, 2.75) is 83.7 Å². The van der Waals surface area contributed by atoms with Crippen molar-refractivity contribution in [2.75, 3.05) is 6.61 Å². The quantitative estimate of drug-likeness (QED) is 0.471.